The van der Waals surface area contributed by atoms with E-state index in [-0.39, 0.29) is 0 Å². The first-order valence-electron chi connectivity index (χ1n) is 5.31. The van der Waals surface area contributed by atoms with Gasteiger partial charge in [0, 0.05) is 10.6 Å². The highest BCUT2D eigenvalue weighted by Gasteiger charge is 2.11. The van der Waals surface area contributed by atoms with Crippen molar-refractivity contribution in [2.45, 2.75) is 44.6 Å². The SMILES string of the molecule is Cc1ccc(SCCC(C)(C)O)cc1C. The Bertz CT molecular complexity index is 326. The summed E-state index contributed by atoms with van der Waals surface area (Å²) >= 11 is 1.81. The summed E-state index contributed by atoms with van der Waals surface area (Å²) in [4.78, 5) is 1.29. The molecule has 0 amide bonds. The van der Waals surface area contributed by atoms with Crippen molar-refractivity contribution in [1.82, 2.24) is 0 Å². The van der Waals surface area contributed by atoms with Crippen LogP contribution in [0.4, 0.5) is 0 Å². The first kappa shape index (κ1) is 12.6. The van der Waals surface area contributed by atoms with Crippen LogP contribution in [0, 0.1) is 13.8 Å². The van der Waals surface area contributed by atoms with Crippen molar-refractivity contribution in [3.8, 4) is 0 Å². The van der Waals surface area contributed by atoms with Crippen LogP contribution in [0.1, 0.15) is 31.4 Å². The number of aliphatic hydroxyl groups is 1. The molecule has 0 saturated carbocycles. The van der Waals surface area contributed by atoms with Crippen LogP contribution in [0.3, 0.4) is 0 Å². The summed E-state index contributed by atoms with van der Waals surface area (Å²) in [7, 11) is 0. The molecule has 1 N–H and O–H groups in total. The first-order chi connectivity index (χ1) is 6.88. The van der Waals surface area contributed by atoms with Gasteiger partial charge in [0.15, 0.2) is 0 Å². The van der Waals surface area contributed by atoms with Crippen LogP contribution in [0.15, 0.2) is 23.1 Å². The van der Waals surface area contributed by atoms with Crippen molar-refractivity contribution >= 4 is 11.8 Å². The molecule has 0 bridgehead atoms. The van der Waals surface area contributed by atoms with Gasteiger partial charge in [0.25, 0.3) is 0 Å². The van der Waals surface area contributed by atoms with Crippen LogP contribution in [0.25, 0.3) is 0 Å². The maximum atomic E-state index is 9.58. The zero-order valence-corrected chi connectivity index (χ0v) is 10.8. The molecule has 0 aliphatic rings. The van der Waals surface area contributed by atoms with E-state index in [1.807, 2.05) is 25.6 Å². The smallest absolute Gasteiger partial charge is 0.0599 e. The average molecular weight is 224 g/mol. The fourth-order valence-corrected chi connectivity index (χ4v) is 2.48. The highest BCUT2D eigenvalue weighted by Crippen LogP contribution is 2.23. The Kier molecular flexibility index (Phi) is 4.23. The first-order valence-corrected chi connectivity index (χ1v) is 6.29. The van der Waals surface area contributed by atoms with Gasteiger partial charge in [0.1, 0.15) is 0 Å². The molecule has 0 atom stereocenters. The van der Waals surface area contributed by atoms with Crippen LogP contribution in [0.5, 0.6) is 0 Å². The van der Waals surface area contributed by atoms with Crippen LogP contribution in [-0.4, -0.2) is 16.5 Å². The zero-order chi connectivity index (χ0) is 11.5. The van der Waals surface area contributed by atoms with E-state index < -0.39 is 5.60 Å². The standard InChI is InChI=1S/C13H20OS/c1-10-5-6-12(9-11(10)2)15-8-7-13(3,4)14/h5-6,9,14H,7-8H2,1-4H3. The number of aryl methyl sites for hydroxylation is 2. The van der Waals surface area contributed by atoms with Gasteiger partial charge < -0.3 is 5.11 Å². The van der Waals surface area contributed by atoms with Gasteiger partial charge in [-0.2, -0.15) is 0 Å². The maximum absolute atomic E-state index is 9.58. The Morgan fingerprint density at radius 2 is 1.87 bits per heavy atom. The summed E-state index contributed by atoms with van der Waals surface area (Å²) in [6.45, 7) is 7.97. The fraction of sp³-hybridized carbons (Fsp3) is 0.538. The quantitative estimate of drug-likeness (QED) is 0.789. The number of thioether (sulfide) groups is 1. The minimum absolute atomic E-state index is 0.549. The second-order valence-electron chi connectivity index (χ2n) is 4.66. The molecule has 0 heterocycles. The lowest BCUT2D eigenvalue weighted by Crippen LogP contribution is -2.18. The number of hydrogen-bond donors (Lipinski definition) is 1. The van der Waals surface area contributed by atoms with Gasteiger partial charge in [-0.1, -0.05) is 6.07 Å². The molecule has 0 aliphatic carbocycles. The Morgan fingerprint density at radius 3 is 2.40 bits per heavy atom. The van der Waals surface area contributed by atoms with Crippen molar-refractivity contribution in [2.75, 3.05) is 5.75 Å². The summed E-state index contributed by atoms with van der Waals surface area (Å²) in [5.74, 6) is 0.964. The summed E-state index contributed by atoms with van der Waals surface area (Å²) in [5, 5.41) is 9.58. The van der Waals surface area contributed by atoms with Crippen molar-refractivity contribution in [3.63, 3.8) is 0 Å². The van der Waals surface area contributed by atoms with Crippen molar-refractivity contribution in [3.05, 3.63) is 29.3 Å². The fourth-order valence-electron chi connectivity index (χ4n) is 1.22. The molecular weight excluding hydrogens is 204 g/mol. The topological polar surface area (TPSA) is 20.2 Å². The normalized spacial score (nSPS) is 11.8. The largest absolute Gasteiger partial charge is 0.390 e. The third-order valence-corrected chi connectivity index (χ3v) is 3.46. The molecule has 0 aromatic heterocycles. The molecule has 0 fully saturated rings. The lowest BCUT2D eigenvalue weighted by molar-refractivity contribution is 0.0778. The Labute approximate surface area is 96.9 Å². The van der Waals surface area contributed by atoms with Gasteiger partial charge in [-0.15, -0.1) is 11.8 Å². The van der Waals surface area contributed by atoms with Gasteiger partial charge in [-0.25, -0.2) is 0 Å². The summed E-state index contributed by atoms with van der Waals surface area (Å²) in [6, 6.07) is 6.52. The molecule has 0 radical (unpaired) electrons. The highest BCUT2D eigenvalue weighted by atomic mass is 32.2. The van der Waals surface area contributed by atoms with E-state index in [0.717, 1.165) is 12.2 Å². The molecule has 84 valence electrons. The predicted octanol–water partition coefficient (Wildman–Crippen LogP) is 3.56. The summed E-state index contributed by atoms with van der Waals surface area (Å²) in [5.41, 5.74) is 2.12. The minimum atomic E-state index is -0.549. The predicted molar refractivity (Wildman–Crippen MR) is 67.6 cm³/mol. The second-order valence-corrected chi connectivity index (χ2v) is 5.83. The van der Waals surface area contributed by atoms with Crippen molar-refractivity contribution in [2.24, 2.45) is 0 Å². The lowest BCUT2D eigenvalue weighted by Gasteiger charge is -2.16. The molecule has 1 aromatic rings. The number of rotatable bonds is 4. The van der Waals surface area contributed by atoms with Gasteiger partial charge in [0.2, 0.25) is 0 Å². The Balaban J connectivity index is 2.48. The molecule has 2 heteroatoms. The number of hydrogen-bond acceptors (Lipinski definition) is 2. The maximum Gasteiger partial charge on any atom is 0.0599 e. The van der Waals surface area contributed by atoms with Crippen LogP contribution in [-0.2, 0) is 0 Å². The van der Waals surface area contributed by atoms with Gasteiger partial charge in [-0.3, -0.25) is 0 Å². The molecule has 0 spiro atoms. The van der Waals surface area contributed by atoms with Crippen molar-refractivity contribution in [1.29, 1.82) is 0 Å². The number of benzene rings is 1. The average Bonchev–Trinajstić information content (AvgIpc) is 2.09. The third kappa shape index (κ3) is 4.72. The van der Waals surface area contributed by atoms with Gasteiger partial charge >= 0.3 is 0 Å². The monoisotopic (exact) mass is 224 g/mol. The van der Waals surface area contributed by atoms with E-state index >= 15 is 0 Å². The molecule has 1 aromatic carbocycles. The molecule has 0 saturated heterocycles. The Hall–Kier alpha value is -0.470. The molecule has 1 nitrogen and oxygen atoms in total. The van der Waals surface area contributed by atoms with E-state index in [9.17, 15) is 5.11 Å². The van der Waals surface area contributed by atoms with E-state index in [1.54, 1.807) is 0 Å². The van der Waals surface area contributed by atoms with E-state index in [4.69, 9.17) is 0 Å². The highest BCUT2D eigenvalue weighted by molar-refractivity contribution is 7.99. The molecule has 1 rings (SSSR count). The molecular formula is C13H20OS. The Morgan fingerprint density at radius 1 is 1.20 bits per heavy atom. The molecule has 15 heavy (non-hydrogen) atoms. The summed E-state index contributed by atoms with van der Waals surface area (Å²) in [6.07, 6.45) is 0.824. The third-order valence-electron chi connectivity index (χ3n) is 2.46. The summed E-state index contributed by atoms with van der Waals surface area (Å²) < 4.78 is 0. The van der Waals surface area contributed by atoms with Crippen molar-refractivity contribution < 1.29 is 5.11 Å². The van der Waals surface area contributed by atoms with E-state index in [0.29, 0.717) is 0 Å². The van der Waals surface area contributed by atoms with E-state index in [2.05, 4.69) is 32.0 Å². The van der Waals surface area contributed by atoms with Crippen LogP contribution in [0.2, 0.25) is 0 Å². The van der Waals surface area contributed by atoms with Gasteiger partial charge in [-0.05, 0) is 57.4 Å². The van der Waals surface area contributed by atoms with Gasteiger partial charge in [0.05, 0.1) is 5.60 Å². The van der Waals surface area contributed by atoms with Crippen LogP contribution < -0.4 is 0 Å². The van der Waals surface area contributed by atoms with E-state index in [1.165, 1.54) is 16.0 Å². The second kappa shape index (κ2) is 5.04. The minimum Gasteiger partial charge on any atom is -0.390 e. The molecule has 0 unspecified atom stereocenters. The van der Waals surface area contributed by atoms with Crippen LogP contribution >= 0.6 is 11.8 Å². The lowest BCUT2D eigenvalue weighted by atomic mass is 10.1. The zero-order valence-electron chi connectivity index (χ0n) is 10.0. The molecule has 0 aliphatic heterocycles.